The van der Waals surface area contributed by atoms with Crippen molar-refractivity contribution in [3.63, 3.8) is 0 Å². The van der Waals surface area contributed by atoms with E-state index in [1.807, 2.05) is 6.92 Å². The summed E-state index contributed by atoms with van der Waals surface area (Å²) in [4.78, 5) is 6.96. The van der Waals surface area contributed by atoms with Crippen molar-refractivity contribution in [2.75, 3.05) is 26.2 Å². The zero-order valence-electron chi connectivity index (χ0n) is 10.7. The molecule has 0 aromatic carbocycles. The highest BCUT2D eigenvalue weighted by atomic mass is 16.3. The summed E-state index contributed by atoms with van der Waals surface area (Å²) in [5, 5.41) is 9.10. The SMILES string of the molecule is CCN1CCCC(c2nc(C(C)CO)co2)C1. The molecule has 0 bridgehead atoms. The van der Waals surface area contributed by atoms with Crippen LogP contribution in [0.25, 0.3) is 0 Å². The van der Waals surface area contributed by atoms with Crippen molar-refractivity contribution in [2.24, 2.45) is 0 Å². The topological polar surface area (TPSA) is 49.5 Å². The molecule has 1 N–H and O–H groups in total. The number of piperidine rings is 1. The van der Waals surface area contributed by atoms with Crippen LogP contribution in [-0.2, 0) is 0 Å². The summed E-state index contributed by atoms with van der Waals surface area (Å²) in [6.45, 7) is 7.60. The number of aliphatic hydroxyl groups excluding tert-OH is 1. The average molecular weight is 238 g/mol. The monoisotopic (exact) mass is 238 g/mol. The predicted octanol–water partition coefficient (Wildman–Crippen LogP) is 1.97. The van der Waals surface area contributed by atoms with E-state index in [2.05, 4.69) is 16.8 Å². The molecule has 0 radical (unpaired) electrons. The van der Waals surface area contributed by atoms with Crippen LogP contribution in [-0.4, -0.2) is 41.2 Å². The maximum Gasteiger partial charge on any atom is 0.198 e. The van der Waals surface area contributed by atoms with Crippen LogP contribution in [0.5, 0.6) is 0 Å². The van der Waals surface area contributed by atoms with Gasteiger partial charge in [0.05, 0.1) is 12.3 Å². The zero-order valence-corrected chi connectivity index (χ0v) is 10.7. The van der Waals surface area contributed by atoms with E-state index in [9.17, 15) is 0 Å². The number of hydrogen-bond acceptors (Lipinski definition) is 4. The number of aliphatic hydroxyl groups is 1. The second-order valence-electron chi connectivity index (χ2n) is 4.93. The molecule has 1 aliphatic heterocycles. The van der Waals surface area contributed by atoms with E-state index in [0.717, 1.165) is 31.1 Å². The lowest BCUT2D eigenvalue weighted by Gasteiger charge is -2.29. The Morgan fingerprint density at radius 2 is 2.47 bits per heavy atom. The highest BCUT2D eigenvalue weighted by molar-refractivity contribution is 5.06. The van der Waals surface area contributed by atoms with E-state index in [1.165, 1.54) is 13.0 Å². The Morgan fingerprint density at radius 1 is 1.65 bits per heavy atom. The molecule has 1 aromatic rings. The average Bonchev–Trinajstić information content (AvgIpc) is 2.87. The minimum atomic E-state index is 0.0679. The molecule has 2 unspecified atom stereocenters. The summed E-state index contributed by atoms with van der Waals surface area (Å²) in [6, 6.07) is 0. The van der Waals surface area contributed by atoms with Crippen molar-refractivity contribution in [1.29, 1.82) is 0 Å². The summed E-state index contributed by atoms with van der Waals surface area (Å²) in [5.41, 5.74) is 0.871. The van der Waals surface area contributed by atoms with Gasteiger partial charge < -0.3 is 14.4 Å². The second-order valence-corrected chi connectivity index (χ2v) is 4.93. The number of oxazole rings is 1. The smallest absolute Gasteiger partial charge is 0.198 e. The Hall–Kier alpha value is -0.870. The van der Waals surface area contributed by atoms with Crippen LogP contribution in [0.15, 0.2) is 10.7 Å². The fraction of sp³-hybridized carbons (Fsp3) is 0.769. The molecule has 1 aromatic heterocycles. The Morgan fingerprint density at radius 3 is 3.18 bits per heavy atom. The lowest BCUT2D eigenvalue weighted by Crippen LogP contribution is -2.34. The van der Waals surface area contributed by atoms with E-state index in [1.54, 1.807) is 6.26 Å². The van der Waals surface area contributed by atoms with E-state index < -0.39 is 0 Å². The third-order valence-electron chi connectivity index (χ3n) is 3.62. The van der Waals surface area contributed by atoms with Crippen LogP contribution in [0.4, 0.5) is 0 Å². The van der Waals surface area contributed by atoms with Gasteiger partial charge in [0.1, 0.15) is 6.26 Å². The molecule has 0 amide bonds. The summed E-state index contributed by atoms with van der Waals surface area (Å²) in [5.74, 6) is 1.33. The molecule has 17 heavy (non-hydrogen) atoms. The molecule has 0 spiro atoms. The Kier molecular flexibility index (Phi) is 4.18. The number of nitrogens with zero attached hydrogens (tertiary/aromatic N) is 2. The van der Waals surface area contributed by atoms with Gasteiger partial charge >= 0.3 is 0 Å². The molecular weight excluding hydrogens is 216 g/mol. The van der Waals surface area contributed by atoms with Crippen LogP contribution in [0.1, 0.15) is 50.1 Å². The van der Waals surface area contributed by atoms with E-state index in [4.69, 9.17) is 9.52 Å². The first-order valence-electron chi connectivity index (χ1n) is 6.53. The minimum Gasteiger partial charge on any atom is -0.448 e. The molecule has 2 rings (SSSR count). The molecular formula is C13H22N2O2. The van der Waals surface area contributed by atoms with Gasteiger partial charge in [0.15, 0.2) is 5.89 Å². The number of hydrogen-bond donors (Lipinski definition) is 1. The molecule has 4 heteroatoms. The molecule has 1 saturated heterocycles. The predicted molar refractivity (Wildman–Crippen MR) is 66.1 cm³/mol. The molecule has 96 valence electrons. The van der Waals surface area contributed by atoms with Gasteiger partial charge in [-0.05, 0) is 25.9 Å². The Balaban J connectivity index is 2.04. The number of likely N-dealkylation sites (N-methyl/N-ethyl adjacent to an activating group) is 1. The quantitative estimate of drug-likeness (QED) is 0.871. The molecule has 2 atom stereocenters. The van der Waals surface area contributed by atoms with Crippen molar-refractivity contribution in [3.05, 3.63) is 17.8 Å². The fourth-order valence-corrected chi connectivity index (χ4v) is 2.35. The third-order valence-corrected chi connectivity index (χ3v) is 3.62. The molecule has 0 aliphatic carbocycles. The third kappa shape index (κ3) is 2.87. The molecule has 1 aliphatic rings. The van der Waals surface area contributed by atoms with Crippen LogP contribution >= 0.6 is 0 Å². The zero-order chi connectivity index (χ0) is 12.3. The van der Waals surface area contributed by atoms with Gasteiger partial charge in [-0.2, -0.15) is 0 Å². The number of likely N-dealkylation sites (tertiary alicyclic amines) is 1. The van der Waals surface area contributed by atoms with Crippen LogP contribution in [0.3, 0.4) is 0 Å². The van der Waals surface area contributed by atoms with E-state index >= 15 is 0 Å². The molecule has 2 heterocycles. The van der Waals surface area contributed by atoms with Crippen molar-refractivity contribution >= 4 is 0 Å². The van der Waals surface area contributed by atoms with E-state index in [0.29, 0.717) is 5.92 Å². The highest BCUT2D eigenvalue weighted by Crippen LogP contribution is 2.27. The Bertz CT molecular complexity index is 351. The standard InChI is InChI=1S/C13H22N2O2/c1-3-15-6-4-5-11(7-15)13-14-12(9-17-13)10(2)8-16/h9-11,16H,3-8H2,1-2H3. The first kappa shape index (κ1) is 12.6. The van der Waals surface area contributed by atoms with Gasteiger partial charge in [-0.3, -0.25) is 0 Å². The van der Waals surface area contributed by atoms with Crippen LogP contribution in [0, 0.1) is 0 Å². The van der Waals surface area contributed by atoms with Crippen molar-refractivity contribution < 1.29 is 9.52 Å². The van der Waals surface area contributed by atoms with Gasteiger partial charge in [-0.15, -0.1) is 0 Å². The first-order chi connectivity index (χ1) is 8.24. The fourth-order valence-electron chi connectivity index (χ4n) is 2.35. The summed E-state index contributed by atoms with van der Waals surface area (Å²) >= 11 is 0. The lowest BCUT2D eigenvalue weighted by atomic mass is 9.98. The Labute approximate surface area is 103 Å². The number of rotatable bonds is 4. The van der Waals surface area contributed by atoms with Crippen molar-refractivity contribution in [3.8, 4) is 0 Å². The second kappa shape index (κ2) is 5.65. The maximum atomic E-state index is 9.10. The van der Waals surface area contributed by atoms with Crippen molar-refractivity contribution in [2.45, 2.75) is 38.5 Å². The first-order valence-corrected chi connectivity index (χ1v) is 6.53. The molecule has 4 nitrogen and oxygen atoms in total. The van der Waals surface area contributed by atoms with E-state index in [-0.39, 0.29) is 12.5 Å². The summed E-state index contributed by atoms with van der Waals surface area (Å²) in [7, 11) is 0. The lowest BCUT2D eigenvalue weighted by molar-refractivity contribution is 0.202. The normalized spacial score (nSPS) is 23.8. The molecule has 0 saturated carbocycles. The maximum absolute atomic E-state index is 9.10. The molecule has 1 fully saturated rings. The van der Waals surface area contributed by atoms with Gasteiger partial charge in [-0.25, -0.2) is 4.98 Å². The largest absolute Gasteiger partial charge is 0.448 e. The highest BCUT2D eigenvalue weighted by Gasteiger charge is 2.24. The van der Waals surface area contributed by atoms with Crippen molar-refractivity contribution in [1.82, 2.24) is 9.88 Å². The number of aromatic nitrogens is 1. The van der Waals surface area contributed by atoms with Gasteiger partial charge in [0.2, 0.25) is 0 Å². The van der Waals surface area contributed by atoms with Crippen LogP contribution < -0.4 is 0 Å². The summed E-state index contributed by atoms with van der Waals surface area (Å²) < 4.78 is 5.57. The van der Waals surface area contributed by atoms with Crippen LogP contribution in [0.2, 0.25) is 0 Å². The minimum absolute atomic E-state index is 0.0679. The van der Waals surface area contributed by atoms with Gasteiger partial charge in [0, 0.05) is 18.4 Å². The van der Waals surface area contributed by atoms with Gasteiger partial charge in [-0.1, -0.05) is 13.8 Å². The van der Waals surface area contributed by atoms with Gasteiger partial charge in [0.25, 0.3) is 0 Å². The summed E-state index contributed by atoms with van der Waals surface area (Å²) in [6.07, 6.45) is 4.07.